The first-order chi connectivity index (χ1) is 14.8. The first-order valence-electron chi connectivity index (χ1n) is 9.66. The molecule has 0 aromatic heterocycles. The predicted octanol–water partition coefficient (Wildman–Crippen LogP) is 4.19. The van der Waals surface area contributed by atoms with Crippen molar-refractivity contribution in [2.75, 3.05) is 18.5 Å². The summed E-state index contributed by atoms with van der Waals surface area (Å²) in [6.45, 7) is 1.96. The van der Waals surface area contributed by atoms with Gasteiger partial charge in [-0.3, -0.25) is 4.79 Å². The standard InChI is InChI=1S/C23H23ClN2O4S/c1-17-7-8-19(15-22(17)24)26-23(27)16-30-20-9-11-21(12-10-20)31(28,29)25-14-13-18-5-3-2-4-6-18/h2-12,15,25H,13-14,16H2,1H3,(H,26,27). The fourth-order valence-electron chi connectivity index (χ4n) is 2.79. The highest BCUT2D eigenvalue weighted by Crippen LogP contribution is 2.20. The predicted molar refractivity (Wildman–Crippen MR) is 122 cm³/mol. The van der Waals surface area contributed by atoms with Gasteiger partial charge < -0.3 is 10.1 Å². The van der Waals surface area contributed by atoms with E-state index in [2.05, 4.69) is 10.0 Å². The zero-order valence-corrected chi connectivity index (χ0v) is 18.5. The smallest absolute Gasteiger partial charge is 0.262 e. The number of carbonyl (C=O) groups excluding carboxylic acids is 1. The van der Waals surface area contributed by atoms with Crippen molar-refractivity contribution in [3.05, 3.63) is 88.9 Å². The number of hydrogen-bond donors (Lipinski definition) is 2. The van der Waals surface area contributed by atoms with Gasteiger partial charge in [0.1, 0.15) is 5.75 Å². The highest BCUT2D eigenvalue weighted by molar-refractivity contribution is 7.89. The topological polar surface area (TPSA) is 84.5 Å². The summed E-state index contributed by atoms with van der Waals surface area (Å²) in [6, 6.07) is 20.8. The molecule has 0 aliphatic carbocycles. The van der Waals surface area contributed by atoms with Gasteiger partial charge in [-0.25, -0.2) is 13.1 Å². The molecule has 3 aromatic carbocycles. The third kappa shape index (κ3) is 6.82. The summed E-state index contributed by atoms with van der Waals surface area (Å²) in [5.41, 5.74) is 2.55. The summed E-state index contributed by atoms with van der Waals surface area (Å²) in [5.74, 6) is 0.0412. The number of anilines is 1. The molecular formula is C23H23ClN2O4S. The Labute approximate surface area is 187 Å². The number of ether oxygens (including phenoxy) is 1. The summed E-state index contributed by atoms with van der Waals surface area (Å²) < 4.78 is 32.9. The molecule has 162 valence electrons. The number of nitrogens with one attached hydrogen (secondary N) is 2. The molecule has 3 rings (SSSR count). The molecule has 31 heavy (non-hydrogen) atoms. The van der Waals surface area contributed by atoms with E-state index < -0.39 is 10.0 Å². The Morgan fingerprint density at radius 2 is 1.71 bits per heavy atom. The van der Waals surface area contributed by atoms with Gasteiger partial charge in [-0.15, -0.1) is 0 Å². The molecule has 0 spiro atoms. The van der Waals surface area contributed by atoms with E-state index in [1.54, 1.807) is 12.1 Å². The molecule has 2 N–H and O–H groups in total. The molecule has 0 fully saturated rings. The molecule has 0 saturated carbocycles. The summed E-state index contributed by atoms with van der Waals surface area (Å²) in [5, 5.41) is 3.26. The van der Waals surface area contributed by atoms with Gasteiger partial charge in [0, 0.05) is 17.3 Å². The molecule has 0 aliphatic rings. The summed E-state index contributed by atoms with van der Waals surface area (Å²) >= 11 is 6.05. The van der Waals surface area contributed by atoms with Gasteiger partial charge in [0.15, 0.2) is 6.61 Å². The molecule has 0 aliphatic heterocycles. The zero-order valence-electron chi connectivity index (χ0n) is 17.0. The molecule has 3 aromatic rings. The highest BCUT2D eigenvalue weighted by Gasteiger charge is 2.13. The summed E-state index contributed by atoms with van der Waals surface area (Å²) in [7, 11) is -3.62. The number of hydrogen-bond acceptors (Lipinski definition) is 4. The van der Waals surface area contributed by atoms with Gasteiger partial charge in [-0.2, -0.15) is 0 Å². The van der Waals surface area contributed by atoms with Crippen LogP contribution in [0.3, 0.4) is 0 Å². The van der Waals surface area contributed by atoms with Crippen molar-refractivity contribution in [3.8, 4) is 5.75 Å². The molecule has 0 radical (unpaired) electrons. The van der Waals surface area contributed by atoms with Gasteiger partial charge in [-0.05, 0) is 60.9 Å². The number of halogens is 1. The average Bonchev–Trinajstić information content (AvgIpc) is 2.76. The Hall–Kier alpha value is -2.87. The lowest BCUT2D eigenvalue weighted by atomic mass is 10.2. The van der Waals surface area contributed by atoms with Gasteiger partial charge in [0.25, 0.3) is 5.91 Å². The second-order valence-corrected chi connectivity index (χ2v) is 9.08. The van der Waals surface area contributed by atoms with Crippen LogP contribution in [0, 0.1) is 6.92 Å². The van der Waals surface area contributed by atoms with E-state index in [-0.39, 0.29) is 17.4 Å². The largest absolute Gasteiger partial charge is 0.484 e. The number of aryl methyl sites for hydroxylation is 1. The highest BCUT2D eigenvalue weighted by atomic mass is 35.5. The first-order valence-corrected chi connectivity index (χ1v) is 11.5. The van der Waals surface area contributed by atoms with Crippen LogP contribution in [-0.2, 0) is 21.2 Å². The third-order valence-electron chi connectivity index (χ3n) is 4.51. The Morgan fingerprint density at radius 1 is 1.00 bits per heavy atom. The molecule has 0 saturated heterocycles. The minimum Gasteiger partial charge on any atom is -0.484 e. The number of amides is 1. The van der Waals surface area contributed by atoms with Gasteiger partial charge in [0.2, 0.25) is 10.0 Å². The van der Waals surface area contributed by atoms with E-state index in [1.807, 2.05) is 43.3 Å². The second-order valence-electron chi connectivity index (χ2n) is 6.91. The Kier molecular flexibility index (Phi) is 7.68. The Morgan fingerprint density at radius 3 is 2.39 bits per heavy atom. The lowest BCUT2D eigenvalue weighted by molar-refractivity contribution is -0.118. The van der Waals surface area contributed by atoms with Crippen LogP contribution in [0.25, 0.3) is 0 Å². The van der Waals surface area contributed by atoms with Crippen molar-refractivity contribution >= 4 is 33.2 Å². The number of rotatable bonds is 9. The van der Waals surface area contributed by atoms with Crippen molar-refractivity contribution in [1.29, 1.82) is 0 Å². The van der Waals surface area contributed by atoms with Crippen molar-refractivity contribution < 1.29 is 17.9 Å². The lowest BCUT2D eigenvalue weighted by Crippen LogP contribution is -2.26. The van der Waals surface area contributed by atoms with Crippen molar-refractivity contribution in [1.82, 2.24) is 4.72 Å². The minimum absolute atomic E-state index is 0.131. The number of carbonyl (C=O) groups is 1. The lowest BCUT2D eigenvalue weighted by Gasteiger charge is -2.10. The molecule has 0 atom stereocenters. The van der Waals surface area contributed by atoms with E-state index in [9.17, 15) is 13.2 Å². The van der Waals surface area contributed by atoms with Crippen LogP contribution in [0.1, 0.15) is 11.1 Å². The minimum atomic E-state index is -3.62. The average molecular weight is 459 g/mol. The van der Waals surface area contributed by atoms with Crippen LogP contribution in [-0.4, -0.2) is 27.5 Å². The zero-order chi connectivity index (χ0) is 22.3. The van der Waals surface area contributed by atoms with Crippen molar-refractivity contribution in [3.63, 3.8) is 0 Å². The van der Waals surface area contributed by atoms with E-state index in [1.165, 1.54) is 24.3 Å². The van der Waals surface area contributed by atoms with E-state index in [4.69, 9.17) is 16.3 Å². The Balaban J connectivity index is 1.49. The van der Waals surface area contributed by atoms with E-state index >= 15 is 0 Å². The third-order valence-corrected chi connectivity index (χ3v) is 6.39. The molecule has 6 nitrogen and oxygen atoms in total. The first kappa shape index (κ1) is 22.8. The maximum Gasteiger partial charge on any atom is 0.262 e. The van der Waals surface area contributed by atoms with Gasteiger partial charge >= 0.3 is 0 Å². The van der Waals surface area contributed by atoms with Crippen LogP contribution < -0.4 is 14.8 Å². The van der Waals surface area contributed by atoms with Crippen molar-refractivity contribution in [2.24, 2.45) is 0 Å². The van der Waals surface area contributed by atoms with Gasteiger partial charge in [0.05, 0.1) is 4.90 Å². The van der Waals surface area contributed by atoms with Crippen LogP contribution >= 0.6 is 11.6 Å². The Bertz CT molecular complexity index is 1130. The monoisotopic (exact) mass is 458 g/mol. The molecule has 8 heteroatoms. The molecule has 0 heterocycles. The molecular weight excluding hydrogens is 436 g/mol. The molecule has 0 bridgehead atoms. The summed E-state index contributed by atoms with van der Waals surface area (Å²) in [4.78, 5) is 12.2. The van der Waals surface area contributed by atoms with Gasteiger partial charge in [-0.1, -0.05) is 48.0 Å². The van der Waals surface area contributed by atoms with Crippen molar-refractivity contribution in [2.45, 2.75) is 18.2 Å². The quantitative estimate of drug-likeness (QED) is 0.503. The fourth-order valence-corrected chi connectivity index (χ4v) is 4.00. The van der Waals surface area contributed by atoms with E-state index in [0.29, 0.717) is 29.4 Å². The second kappa shape index (κ2) is 10.4. The number of sulfonamides is 1. The summed E-state index contributed by atoms with van der Waals surface area (Å²) in [6.07, 6.45) is 0.600. The van der Waals surface area contributed by atoms with Crippen LogP contribution in [0.5, 0.6) is 5.75 Å². The SMILES string of the molecule is Cc1ccc(NC(=O)COc2ccc(S(=O)(=O)NCCc3ccccc3)cc2)cc1Cl. The van der Waals surface area contributed by atoms with E-state index in [0.717, 1.165) is 11.1 Å². The van der Waals surface area contributed by atoms with Crippen LogP contribution in [0.2, 0.25) is 5.02 Å². The van der Waals surface area contributed by atoms with Crippen LogP contribution in [0.4, 0.5) is 5.69 Å². The maximum absolute atomic E-state index is 12.4. The normalized spacial score (nSPS) is 11.2. The fraction of sp³-hybridized carbons (Fsp3) is 0.174. The molecule has 1 amide bonds. The van der Waals surface area contributed by atoms with Crippen LogP contribution in [0.15, 0.2) is 77.7 Å². The number of benzene rings is 3. The molecule has 0 unspecified atom stereocenters. The maximum atomic E-state index is 12.4.